The van der Waals surface area contributed by atoms with Crippen molar-refractivity contribution in [3.8, 4) is 11.8 Å². The normalized spacial score (nSPS) is 20.0. The maximum absolute atomic E-state index is 12.3. The van der Waals surface area contributed by atoms with Crippen LogP contribution in [0.5, 0.6) is 0 Å². The summed E-state index contributed by atoms with van der Waals surface area (Å²) in [7, 11) is -3.54. The smallest absolute Gasteiger partial charge is 0.243 e. The lowest BCUT2D eigenvalue weighted by atomic mass is 10.2. The second-order valence-electron chi connectivity index (χ2n) is 4.34. The maximum atomic E-state index is 12.3. The highest BCUT2D eigenvalue weighted by Crippen LogP contribution is 2.21. The molecule has 1 fully saturated rings. The zero-order chi connectivity index (χ0) is 13.9. The number of nitrogens with zero attached hydrogens (tertiary/aromatic N) is 1. The van der Waals surface area contributed by atoms with E-state index in [2.05, 4.69) is 11.8 Å². The van der Waals surface area contributed by atoms with Crippen LogP contribution in [0.4, 0.5) is 0 Å². The molecule has 1 aromatic carbocycles. The van der Waals surface area contributed by atoms with E-state index in [4.69, 9.17) is 5.73 Å². The van der Waals surface area contributed by atoms with Crippen molar-refractivity contribution >= 4 is 10.0 Å². The second-order valence-corrected chi connectivity index (χ2v) is 6.28. The molecule has 1 atom stereocenters. The number of nitrogens with two attached hydrogens (primary N) is 1. The molecule has 1 saturated heterocycles. The summed E-state index contributed by atoms with van der Waals surface area (Å²) in [5.41, 5.74) is 5.90. The van der Waals surface area contributed by atoms with Gasteiger partial charge in [0.25, 0.3) is 0 Å². The number of aliphatic hydroxyl groups is 1. The van der Waals surface area contributed by atoms with Crippen molar-refractivity contribution in [3.05, 3.63) is 29.8 Å². The second kappa shape index (κ2) is 5.72. The lowest BCUT2D eigenvalue weighted by Gasteiger charge is -2.15. The topological polar surface area (TPSA) is 83.6 Å². The van der Waals surface area contributed by atoms with Gasteiger partial charge in [-0.25, -0.2) is 8.42 Å². The molecule has 1 aliphatic heterocycles. The monoisotopic (exact) mass is 280 g/mol. The van der Waals surface area contributed by atoms with Crippen molar-refractivity contribution in [2.75, 3.05) is 19.6 Å². The Morgan fingerprint density at radius 2 is 2.26 bits per heavy atom. The number of hydrogen-bond acceptors (Lipinski definition) is 4. The van der Waals surface area contributed by atoms with Gasteiger partial charge in [-0.05, 0) is 24.6 Å². The highest BCUT2D eigenvalue weighted by atomic mass is 32.2. The summed E-state index contributed by atoms with van der Waals surface area (Å²) < 4.78 is 26.0. The summed E-state index contributed by atoms with van der Waals surface area (Å²) in [6, 6.07) is 6.46. The van der Waals surface area contributed by atoms with Gasteiger partial charge in [0.05, 0.1) is 17.5 Å². The summed E-state index contributed by atoms with van der Waals surface area (Å²) in [6.07, 6.45) is -0.0960. The van der Waals surface area contributed by atoms with Crippen LogP contribution in [-0.4, -0.2) is 43.6 Å². The molecule has 1 unspecified atom stereocenters. The number of rotatable bonds is 2. The fourth-order valence-electron chi connectivity index (χ4n) is 1.97. The van der Waals surface area contributed by atoms with Crippen LogP contribution in [0.25, 0.3) is 0 Å². The van der Waals surface area contributed by atoms with E-state index in [1.54, 1.807) is 12.1 Å². The van der Waals surface area contributed by atoms with Gasteiger partial charge in [-0.3, -0.25) is 0 Å². The van der Waals surface area contributed by atoms with E-state index in [0.29, 0.717) is 18.5 Å². The van der Waals surface area contributed by atoms with Crippen molar-refractivity contribution in [3.63, 3.8) is 0 Å². The molecule has 1 heterocycles. The van der Waals surface area contributed by atoms with Crippen molar-refractivity contribution in [1.29, 1.82) is 0 Å². The molecule has 0 aromatic heterocycles. The van der Waals surface area contributed by atoms with E-state index in [0.717, 1.165) is 0 Å². The Balaban J connectivity index is 2.30. The Morgan fingerprint density at radius 1 is 1.47 bits per heavy atom. The van der Waals surface area contributed by atoms with Gasteiger partial charge >= 0.3 is 0 Å². The molecule has 19 heavy (non-hydrogen) atoms. The van der Waals surface area contributed by atoms with Gasteiger partial charge in [-0.2, -0.15) is 4.31 Å². The number of benzene rings is 1. The molecule has 1 aliphatic rings. The molecule has 3 N–H and O–H groups in total. The molecule has 102 valence electrons. The lowest BCUT2D eigenvalue weighted by molar-refractivity contribution is 0.189. The lowest BCUT2D eigenvalue weighted by Crippen LogP contribution is -2.29. The molecule has 6 heteroatoms. The molecule has 1 aromatic rings. The zero-order valence-electron chi connectivity index (χ0n) is 10.4. The minimum Gasteiger partial charge on any atom is -0.392 e. The minimum absolute atomic E-state index is 0.154. The van der Waals surface area contributed by atoms with Crippen molar-refractivity contribution in [2.24, 2.45) is 5.73 Å². The average Bonchev–Trinajstić information content (AvgIpc) is 2.84. The molecule has 0 saturated carbocycles. The van der Waals surface area contributed by atoms with E-state index in [-0.39, 0.29) is 18.0 Å². The average molecular weight is 280 g/mol. The predicted octanol–water partition coefficient (Wildman–Crippen LogP) is -0.248. The fraction of sp³-hybridized carbons (Fsp3) is 0.385. The Bertz CT molecular complexity index is 616. The molecule has 0 amide bonds. The molecule has 2 rings (SSSR count). The number of sulfonamides is 1. The highest BCUT2D eigenvalue weighted by Gasteiger charge is 2.31. The largest absolute Gasteiger partial charge is 0.392 e. The Kier molecular flexibility index (Phi) is 4.22. The first kappa shape index (κ1) is 14.0. The SMILES string of the molecule is NCC#Cc1cccc(S(=O)(=O)N2CCC(O)C2)c1. The number of aliphatic hydroxyl groups excluding tert-OH is 1. The van der Waals surface area contributed by atoms with Crippen LogP contribution in [0.1, 0.15) is 12.0 Å². The van der Waals surface area contributed by atoms with E-state index < -0.39 is 16.1 Å². The van der Waals surface area contributed by atoms with Gasteiger partial charge < -0.3 is 10.8 Å². The van der Waals surface area contributed by atoms with E-state index >= 15 is 0 Å². The third-order valence-electron chi connectivity index (χ3n) is 2.93. The Morgan fingerprint density at radius 3 is 2.89 bits per heavy atom. The zero-order valence-corrected chi connectivity index (χ0v) is 11.2. The maximum Gasteiger partial charge on any atom is 0.243 e. The van der Waals surface area contributed by atoms with Crippen molar-refractivity contribution in [2.45, 2.75) is 17.4 Å². The molecular formula is C13H16N2O3S. The van der Waals surface area contributed by atoms with Crippen LogP contribution >= 0.6 is 0 Å². The van der Waals surface area contributed by atoms with Crippen LogP contribution in [0, 0.1) is 11.8 Å². The molecule has 0 spiro atoms. The fourth-order valence-corrected chi connectivity index (χ4v) is 3.50. The van der Waals surface area contributed by atoms with Crippen LogP contribution in [0.3, 0.4) is 0 Å². The van der Waals surface area contributed by atoms with Gasteiger partial charge in [-0.1, -0.05) is 17.9 Å². The number of β-amino-alcohol motifs (C(OH)–C–C–N with tert-alkyl or cyclic N) is 1. The molecule has 0 bridgehead atoms. The highest BCUT2D eigenvalue weighted by molar-refractivity contribution is 7.89. The van der Waals surface area contributed by atoms with Crippen LogP contribution in [0.15, 0.2) is 29.2 Å². The van der Waals surface area contributed by atoms with E-state index in [9.17, 15) is 13.5 Å². The first-order valence-corrected chi connectivity index (χ1v) is 7.45. The quantitative estimate of drug-likeness (QED) is 0.732. The summed E-state index contributed by atoms with van der Waals surface area (Å²) >= 11 is 0. The van der Waals surface area contributed by atoms with Gasteiger partial charge in [0.1, 0.15) is 0 Å². The summed E-state index contributed by atoms with van der Waals surface area (Å²) in [6.45, 7) is 0.735. The first-order valence-electron chi connectivity index (χ1n) is 6.01. The van der Waals surface area contributed by atoms with E-state index in [1.165, 1.54) is 16.4 Å². The molecular weight excluding hydrogens is 264 g/mol. The van der Waals surface area contributed by atoms with Crippen LogP contribution < -0.4 is 5.73 Å². The van der Waals surface area contributed by atoms with Gasteiger partial charge in [-0.15, -0.1) is 0 Å². The molecule has 0 aliphatic carbocycles. The molecule has 0 radical (unpaired) electrons. The summed E-state index contributed by atoms with van der Waals surface area (Å²) in [5.74, 6) is 5.50. The van der Waals surface area contributed by atoms with Crippen LogP contribution in [-0.2, 0) is 10.0 Å². The van der Waals surface area contributed by atoms with Crippen molar-refractivity contribution < 1.29 is 13.5 Å². The van der Waals surface area contributed by atoms with Crippen molar-refractivity contribution in [1.82, 2.24) is 4.31 Å². The number of hydrogen-bond donors (Lipinski definition) is 2. The summed E-state index contributed by atoms with van der Waals surface area (Å²) in [4.78, 5) is 0.199. The minimum atomic E-state index is -3.54. The van der Waals surface area contributed by atoms with E-state index in [1.807, 2.05) is 0 Å². The van der Waals surface area contributed by atoms with Crippen LogP contribution in [0.2, 0.25) is 0 Å². The Hall–Kier alpha value is -1.39. The predicted molar refractivity (Wildman–Crippen MR) is 71.8 cm³/mol. The van der Waals surface area contributed by atoms with Gasteiger partial charge in [0, 0.05) is 18.7 Å². The summed E-state index contributed by atoms with van der Waals surface area (Å²) in [5, 5.41) is 9.44. The standard InChI is InChI=1S/C13H16N2O3S/c14-7-2-4-11-3-1-5-13(9-11)19(17,18)15-8-6-12(16)10-15/h1,3,5,9,12,16H,6-8,10,14H2. The van der Waals surface area contributed by atoms with Gasteiger partial charge in [0.2, 0.25) is 10.0 Å². The third-order valence-corrected chi connectivity index (χ3v) is 4.79. The first-order chi connectivity index (χ1) is 9.04. The van der Waals surface area contributed by atoms with Gasteiger partial charge in [0.15, 0.2) is 0 Å². The Labute approximate surface area is 113 Å². The third kappa shape index (κ3) is 3.14. The molecule has 5 nitrogen and oxygen atoms in total.